The monoisotopic (exact) mass is 348 g/mol. The summed E-state index contributed by atoms with van der Waals surface area (Å²) in [4.78, 5) is 4.11. The predicted molar refractivity (Wildman–Crippen MR) is 88.6 cm³/mol. The lowest BCUT2D eigenvalue weighted by Crippen LogP contribution is -2.24. The minimum Gasteiger partial charge on any atom is -0.369 e. The van der Waals surface area contributed by atoms with E-state index in [4.69, 9.17) is 5.10 Å². The van der Waals surface area contributed by atoms with E-state index in [0.29, 0.717) is 0 Å². The number of fused-ring (bicyclic) bond motifs is 1. The molecule has 1 atom stereocenters. The molecule has 0 saturated carbocycles. The maximum absolute atomic E-state index is 4.88. The van der Waals surface area contributed by atoms with Crippen molar-refractivity contribution in [1.29, 1.82) is 0 Å². The molecule has 2 aromatic rings. The van der Waals surface area contributed by atoms with Gasteiger partial charge in [0.05, 0.1) is 16.2 Å². The molecule has 0 radical (unpaired) electrons. The fourth-order valence-corrected chi connectivity index (χ4v) is 3.34. The average molecular weight is 349 g/mol. The summed E-state index contributed by atoms with van der Waals surface area (Å²) in [5, 5.41) is 8.36. The third-order valence-corrected chi connectivity index (χ3v) is 4.55. The van der Waals surface area contributed by atoms with Gasteiger partial charge in [-0.3, -0.25) is 4.98 Å². The van der Waals surface area contributed by atoms with Crippen molar-refractivity contribution in [3.05, 3.63) is 40.3 Å². The van der Waals surface area contributed by atoms with Crippen LogP contribution in [0.3, 0.4) is 0 Å². The molecule has 0 aliphatic carbocycles. The first-order valence-electron chi connectivity index (χ1n) is 7.36. The maximum Gasteiger partial charge on any atom is 0.139 e. The second-order valence-electron chi connectivity index (χ2n) is 6.80. The minimum atomic E-state index is 0.221. The van der Waals surface area contributed by atoms with Crippen molar-refractivity contribution in [1.82, 2.24) is 14.8 Å². The van der Waals surface area contributed by atoms with Gasteiger partial charge >= 0.3 is 0 Å². The van der Waals surface area contributed by atoms with Crippen LogP contribution in [0.4, 0.5) is 5.82 Å². The molecular weight excluding hydrogens is 328 g/mol. The van der Waals surface area contributed by atoms with Crippen molar-refractivity contribution in [2.75, 3.05) is 11.9 Å². The van der Waals surface area contributed by atoms with Gasteiger partial charge in [-0.1, -0.05) is 20.8 Å². The molecule has 1 N–H and O–H groups in total. The normalized spacial score (nSPS) is 18.2. The van der Waals surface area contributed by atoms with Crippen LogP contribution in [0.15, 0.2) is 29.0 Å². The van der Waals surface area contributed by atoms with Gasteiger partial charge < -0.3 is 5.32 Å². The highest BCUT2D eigenvalue weighted by Gasteiger charge is 2.28. The topological polar surface area (TPSA) is 42.7 Å². The van der Waals surface area contributed by atoms with Crippen molar-refractivity contribution < 1.29 is 0 Å². The van der Waals surface area contributed by atoms with Gasteiger partial charge in [-0.05, 0) is 51.9 Å². The van der Waals surface area contributed by atoms with E-state index in [1.165, 1.54) is 5.56 Å². The summed E-state index contributed by atoms with van der Waals surface area (Å²) in [7, 11) is 0. The second kappa shape index (κ2) is 5.44. The largest absolute Gasteiger partial charge is 0.369 e. The van der Waals surface area contributed by atoms with Gasteiger partial charge in [0.15, 0.2) is 0 Å². The van der Waals surface area contributed by atoms with Gasteiger partial charge in [-0.2, -0.15) is 5.10 Å². The fourth-order valence-electron chi connectivity index (χ4n) is 2.80. The van der Waals surface area contributed by atoms with E-state index in [1.54, 1.807) is 0 Å². The van der Waals surface area contributed by atoms with Gasteiger partial charge in [0.1, 0.15) is 5.82 Å². The van der Waals surface area contributed by atoms with E-state index >= 15 is 0 Å². The fraction of sp³-hybridized carbons (Fsp3) is 0.500. The zero-order chi connectivity index (χ0) is 15.0. The Morgan fingerprint density at radius 2 is 2.05 bits per heavy atom. The summed E-state index contributed by atoms with van der Waals surface area (Å²) in [5.41, 5.74) is 2.62. The van der Waals surface area contributed by atoms with Crippen LogP contribution in [-0.4, -0.2) is 21.3 Å². The van der Waals surface area contributed by atoms with Gasteiger partial charge in [0, 0.05) is 18.9 Å². The molecule has 0 spiro atoms. The zero-order valence-electron chi connectivity index (χ0n) is 12.7. The average Bonchev–Trinajstić information content (AvgIpc) is 2.75. The number of hydrogen-bond donors (Lipinski definition) is 1. The van der Waals surface area contributed by atoms with Crippen LogP contribution in [-0.2, 0) is 6.42 Å². The Labute approximate surface area is 134 Å². The Morgan fingerprint density at radius 1 is 1.33 bits per heavy atom. The number of anilines is 1. The summed E-state index contributed by atoms with van der Waals surface area (Å²) < 4.78 is 3.24. The maximum atomic E-state index is 4.88. The summed E-state index contributed by atoms with van der Waals surface area (Å²) in [6.45, 7) is 7.69. The lowest BCUT2D eigenvalue weighted by Gasteiger charge is -2.26. The lowest BCUT2D eigenvalue weighted by atomic mass is 9.91. The van der Waals surface area contributed by atoms with Crippen LogP contribution in [0.2, 0.25) is 0 Å². The first kappa shape index (κ1) is 14.6. The van der Waals surface area contributed by atoms with E-state index in [9.17, 15) is 0 Å². The molecule has 1 unspecified atom stereocenters. The molecule has 112 valence electrons. The molecule has 0 fully saturated rings. The number of pyridine rings is 1. The number of nitrogens with zero attached hydrogens (tertiary/aromatic N) is 3. The highest BCUT2D eigenvalue weighted by molar-refractivity contribution is 9.10. The van der Waals surface area contributed by atoms with Crippen molar-refractivity contribution in [2.45, 2.75) is 39.7 Å². The highest BCUT2D eigenvalue weighted by atomic mass is 79.9. The van der Waals surface area contributed by atoms with Gasteiger partial charge in [0.25, 0.3) is 0 Å². The van der Waals surface area contributed by atoms with Crippen LogP contribution >= 0.6 is 15.9 Å². The summed E-state index contributed by atoms with van der Waals surface area (Å²) >= 11 is 3.73. The van der Waals surface area contributed by atoms with Crippen LogP contribution < -0.4 is 5.32 Å². The molecule has 21 heavy (non-hydrogen) atoms. The molecule has 3 heterocycles. The standard InChI is InChI=1S/C16H21BrN4/c1-16(2,3)10-12-14(17)15-19-9-6-13(21(15)20-12)11-4-7-18-8-5-11/h4-5,7-8,13,19H,6,9-10H2,1-3H3. The van der Waals surface area contributed by atoms with Gasteiger partial charge in [-0.15, -0.1) is 0 Å². The first-order valence-corrected chi connectivity index (χ1v) is 8.16. The minimum absolute atomic E-state index is 0.221. The van der Waals surface area contributed by atoms with Crippen molar-refractivity contribution >= 4 is 21.7 Å². The first-order chi connectivity index (χ1) is 9.96. The number of hydrogen-bond acceptors (Lipinski definition) is 3. The molecular formula is C16H21BrN4. The molecule has 0 saturated heterocycles. The highest BCUT2D eigenvalue weighted by Crippen LogP contribution is 2.37. The van der Waals surface area contributed by atoms with Crippen molar-refractivity contribution in [3.8, 4) is 0 Å². The lowest BCUT2D eigenvalue weighted by molar-refractivity contribution is 0.398. The summed E-state index contributed by atoms with van der Waals surface area (Å²) in [6.07, 6.45) is 5.70. The van der Waals surface area contributed by atoms with E-state index in [0.717, 1.165) is 35.4 Å². The Kier molecular flexibility index (Phi) is 3.78. The van der Waals surface area contributed by atoms with Crippen LogP contribution in [0, 0.1) is 5.41 Å². The number of aromatic nitrogens is 3. The van der Waals surface area contributed by atoms with Gasteiger partial charge in [0.2, 0.25) is 0 Å². The quantitative estimate of drug-likeness (QED) is 0.890. The molecule has 1 aliphatic heterocycles. The van der Waals surface area contributed by atoms with Crippen molar-refractivity contribution in [3.63, 3.8) is 0 Å². The van der Waals surface area contributed by atoms with Crippen molar-refractivity contribution in [2.24, 2.45) is 5.41 Å². The molecule has 0 amide bonds. The smallest absolute Gasteiger partial charge is 0.139 e. The Bertz CT molecular complexity index is 628. The van der Waals surface area contributed by atoms with E-state index in [1.807, 2.05) is 12.4 Å². The number of nitrogens with one attached hydrogen (secondary N) is 1. The van der Waals surface area contributed by atoms with Crippen LogP contribution in [0.5, 0.6) is 0 Å². The SMILES string of the molecule is CC(C)(C)Cc1nn2c(c1Br)NCCC2c1ccncc1. The number of halogens is 1. The molecule has 3 rings (SSSR count). The Balaban J connectivity index is 2.00. The summed E-state index contributed by atoms with van der Waals surface area (Å²) in [6, 6.07) is 4.45. The van der Waals surface area contributed by atoms with E-state index in [-0.39, 0.29) is 11.5 Å². The zero-order valence-corrected chi connectivity index (χ0v) is 14.3. The van der Waals surface area contributed by atoms with E-state index < -0.39 is 0 Å². The predicted octanol–water partition coefficient (Wildman–Crippen LogP) is 4.03. The third-order valence-electron chi connectivity index (χ3n) is 3.71. The van der Waals surface area contributed by atoms with E-state index in [2.05, 4.69) is 63.8 Å². The molecule has 5 heteroatoms. The second-order valence-corrected chi connectivity index (χ2v) is 7.60. The molecule has 0 aromatic carbocycles. The molecule has 1 aliphatic rings. The Hall–Kier alpha value is -1.36. The molecule has 4 nitrogen and oxygen atoms in total. The van der Waals surface area contributed by atoms with Crippen LogP contribution in [0.25, 0.3) is 0 Å². The van der Waals surface area contributed by atoms with Gasteiger partial charge in [-0.25, -0.2) is 4.68 Å². The third kappa shape index (κ3) is 2.98. The molecule has 2 aromatic heterocycles. The van der Waals surface area contributed by atoms with Crippen LogP contribution in [0.1, 0.15) is 44.5 Å². The molecule has 0 bridgehead atoms. The number of rotatable bonds is 2. The summed E-state index contributed by atoms with van der Waals surface area (Å²) in [5.74, 6) is 1.10. The Morgan fingerprint density at radius 3 is 2.71 bits per heavy atom.